The summed E-state index contributed by atoms with van der Waals surface area (Å²) < 4.78 is 0. The van der Waals surface area contributed by atoms with Gasteiger partial charge in [-0.1, -0.05) is 53.8 Å². The molecule has 4 rings (SSSR count). The number of hydrogen-bond acceptors (Lipinski definition) is 6. The highest BCUT2D eigenvalue weighted by atomic mass is 32.1. The SMILES string of the molecule is O=C(Cc1ccccc1)Nc1nnc(CCN2C(=O)c3ccccc3C2=O)s1. The molecule has 1 aliphatic heterocycles. The van der Waals surface area contributed by atoms with Crippen LogP contribution in [0.4, 0.5) is 5.13 Å². The summed E-state index contributed by atoms with van der Waals surface area (Å²) in [5.74, 6) is -0.753. The molecule has 8 heteroatoms. The molecule has 0 aliphatic carbocycles. The van der Waals surface area contributed by atoms with Gasteiger partial charge in [0.2, 0.25) is 11.0 Å². The predicted octanol–water partition coefficient (Wildman–Crippen LogP) is 2.56. The average molecular weight is 392 g/mol. The Morgan fingerprint density at radius 2 is 1.57 bits per heavy atom. The second-order valence-electron chi connectivity index (χ2n) is 6.27. The number of aromatic nitrogens is 2. The minimum atomic E-state index is -0.290. The van der Waals surface area contributed by atoms with Crippen molar-refractivity contribution in [3.05, 3.63) is 76.3 Å². The lowest BCUT2D eigenvalue weighted by molar-refractivity contribution is -0.115. The molecule has 28 heavy (non-hydrogen) atoms. The number of carbonyl (C=O) groups excluding carboxylic acids is 3. The molecule has 0 fully saturated rings. The fraction of sp³-hybridized carbons (Fsp3) is 0.150. The van der Waals surface area contributed by atoms with Crippen molar-refractivity contribution in [2.45, 2.75) is 12.8 Å². The molecular formula is C20H16N4O3S. The van der Waals surface area contributed by atoms with Crippen LogP contribution in [0.2, 0.25) is 0 Å². The molecule has 0 spiro atoms. The van der Waals surface area contributed by atoms with E-state index < -0.39 is 0 Å². The molecule has 0 bridgehead atoms. The summed E-state index contributed by atoms with van der Waals surface area (Å²) >= 11 is 1.24. The van der Waals surface area contributed by atoms with E-state index in [1.54, 1.807) is 24.3 Å². The summed E-state index contributed by atoms with van der Waals surface area (Å²) in [6.07, 6.45) is 0.641. The maximum absolute atomic E-state index is 12.4. The fourth-order valence-electron chi connectivity index (χ4n) is 3.00. The Bertz CT molecular complexity index is 1010. The Balaban J connectivity index is 1.34. The molecule has 2 heterocycles. The topological polar surface area (TPSA) is 92.3 Å². The minimum absolute atomic E-state index is 0.172. The number of carbonyl (C=O) groups is 3. The molecule has 1 N–H and O–H groups in total. The molecule has 2 aromatic carbocycles. The predicted molar refractivity (Wildman–Crippen MR) is 104 cm³/mol. The number of rotatable bonds is 6. The van der Waals surface area contributed by atoms with Crippen LogP contribution >= 0.6 is 11.3 Å². The molecule has 7 nitrogen and oxygen atoms in total. The highest BCUT2D eigenvalue weighted by Crippen LogP contribution is 2.23. The van der Waals surface area contributed by atoms with Gasteiger partial charge in [0.15, 0.2) is 0 Å². The first-order valence-electron chi connectivity index (χ1n) is 8.73. The van der Waals surface area contributed by atoms with Crippen LogP contribution < -0.4 is 5.32 Å². The van der Waals surface area contributed by atoms with E-state index in [-0.39, 0.29) is 30.7 Å². The zero-order valence-corrected chi connectivity index (χ0v) is 15.6. The Hall–Kier alpha value is -3.39. The van der Waals surface area contributed by atoms with Crippen molar-refractivity contribution in [2.24, 2.45) is 0 Å². The van der Waals surface area contributed by atoms with Crippen LogP contribution in [0.15, 0.2) is 54.6 Å². The van der Waals surface area contributed by atoms with Crippen LogP contribution in [0.5, 0.6) is 0 Å². The van der Waals surface area contributed by atoms with Gasteiger partial charge in [0.1, 0.15) is 5.01 Å². The highest BCUT2D eigenvalue weighted by Gasteiger charge is 2.34. The second-order valence-corrected chi connectivity index (χ2v) is 7.33. The van der Waals surface area contributed by atoms with E-state index in [1.807, 2.05) is 30.3 Å². The van der Waals surface area contributed by atoms with Crippen LogP contribution in [-0.2, 0) is 17.6 Å². The first kappa shape index (κ1) is 18.0. The molecule has 140 valence electrons. The number of imide groups is 1. The monoisotopic (exact) mass is 392 g/mol. The summed E-state index contributed by atoms with van der Waals surface area (Å²) in [6, 6.07) is 16.2. The number of amides is 3. The van der Waals surface area contributed by atoms with Gasteiger partial charge in [-0.05, 0) is 17.7 Å². The number of fused-ring (bicyclic) bond motifs is 1. The Labute approximate surface area is 165 Å². The van der Waals surface area contributed by atoms with Gasteiger partial charge in [0, 0.05) is 13.0 Å². The van der Waals surface area contributed by atoms with Crippen LogP contribution in [0.25, 0.3) is 0 Å². The average Bonchev–Trinajstić information content (AvgIpc) is 3.24. The highest BCUT2D eigenvalue weighted by molar-refractivity contribution is 7.15. The van der Waals surface area contributed by atoms with E-state index in [2.05, 4.69) is 15.5 Å². The summed E-state index contributed by atoms with van der Waals surface area (Å²) in [4.78, 5) is 38.1. The Morgan fingerprint density at radius 1 is 0.929 bits per heavy atom. The van der Waals surface area contributed by atoms with Crippen LogP contribution in [0.1, 0.15) is 31.3 Å². The molecule has 1 aromatic heterocycles. The van der Waals surface area contributed by atoms with Gasteiger partial charge in [-0.25, -0.2) is 0 Å². The maximum Gasteiger partial charge on any atom is 0.261 e. The van der Waals surface area contributed by atoms with Crippen molar-refractivity contribution < 1.29 is 14.4 Å². The van der Waals surface area contributed by atoms with Gasteiger partial charge in [0.05, 0.1) is 17.5 Å². The first-order chi connectivity index (χ1) is 13.6. The third-order valence-corrected chi connectivity index (χ3v) is 5.25. The zero-order chi connectivity index (χ0) is 19.5. The van der Waals surface area contributed by atoms with Crippen molar-refractivity contribution in [1.82, 2.24) is 15.1 Å². The maximum atomic E-state index is 12.4. The van der Waals surface area contributed by atoms with E-state index in [0.29, 0.717) is 27.7 Å². The van der Waals surface area contributed by atoms with E-state index in [4.69, 9.17) is 0 Å². The fourth-order valence-corrected chi connectivity index (χ4v) is 3.74. The molecule has 0 saturated carbocycles. The van der Waals surface area contributed by atoms with E-state index in [1.165, 1.54) is 16.2 Å². The van der Waals surface area contributed by atoms with Crippen LogP contribution in [0, 0.1) is 0 Å². The smallest absolute Gasteiger partial charge is 0.261 e. The summed E-state index contributed by atoms with van der Waals surface area (Å²) in [5, 5.41) is 11.8. The number of benzene rings is 2. The van der Waals surface area contributed by atoms with Gasteiger partial charge in [-0.3, -0.25) is 19.3 Å². The lowest BCUT2D eigenvalue weighted by Gasteiger charge is -2.12. The molecule has 0 unspecified atom stereocenters. The largest absolute Gasteiger partial charge is 0.300 e. The zero-order valence-electron chi connectivity index (χ0n) is 14.8. The first-order valence-corrected chi connectivity index (χ1v) is 9.55. The van der Waals surface area contributed by atoms with Crippen LogP contribution in [0.3, 0.4) is 0 Å². The third kappa shape index (κ3) is 3.67. The molecule has 0 radical (unpaired) electrons. The lowest BCUT2D eigenvalue weighted by atomic mass is 10.1. The normalized spacial score (nSPS) is 12.9. The molecule has 3 amide bonds. The second kappa shape index (κ2) is 7.69. The number of nitrogens with zero attached hydrogens (tertiary/aromatic N) is 3. The van der Waals surface area contributed by atoms with Gasteiger partial charge >= 0.3 is 0 Å². The molecule has 0 atom stereocenters. The van der Waals surface area contributed by atoms with Crippen molar-refractivity contribution in [3.8, 4) is 0 Å². The van der Waals surface area contributed by atoms with E-state index >= 15 is 0 Å². The standard InChI is InChI=1S/C20H16N4O3S/c25-16(12-13-6-2-1-3-7-13)21-20-23-22-17(28-20)10-11-24-18(26)14-8-4-5-9-15(14)19(24)27/h1-9H,10-12H2,(H,21,23,25). The van der Waals surface area contributed by atoms with Gasteiger partial charge in [0.25, 0.3) is 11.8 Å². The Kier molecular flexibility index (Phi) is 4.94. The molecule has 0 saturated heterocycles. The van der Waals surface area contributed by atoms with Gasteiger partial charge < -0.3 is 5.32 Å². The van der Waals surface area contributed by atoms with Crippen molar-refractivity contribution in [2.75, 3.05) is 11.9 Å². The summed E-state index contributed by atoms with van der Waals surface area (Å²) in [7, 11) is 0. The number of hydrogen-bond donors (Lipinski definition) is 1. The van der Waals surface area contributed by atoms with Crippen LogP contribution in [-0.4, -0.2) is 39.4 Å². The quantitative estimate of drug-likeness (QED) is 0.651. The Morgan fingerprint density at radius 3 is 2.25 bits per heavy atom. The minimum Gasteiger partial charge on any atom is -0.300 e. The summed E-state index contributed by atoms with van der Waals surface area (Å²) in [6.45, 7) is 0.221. The lowest BCUT2D eigenvalue weighted by Crippen LogP contribution is -2.31. The van der Waals surface area contributed by atoms with Crippen molar-refractivity contribution in [1.29, 1.82) is 0 Å². The van der Waals surface area contributed by atoms with Crippen molar-refractivity contribution >= 4 is 34.2 Å². The van der Waals surface area contributed by atoms with Gasteiger partial charge in [-0.2, -0.15) is 0 Å². The van der Waals surface area contributed by atoms with E-state index in [0.717, 1.165) is 5.56 Å². The molecule has 3 aromatic rings. The van der Waals surface area contributed by atoms with E-state index in [9.17, 15) is 14.4 Å². The number of anilines is 1. The summed E-state index contributed by atoms with van der Waals surface area (Å²) in [5.41, 5.74) is 1.77. The molecular weight excluding hydrogens is 376 g/mol. The van der Waals surface area contributed by atoms with Gasteiger partial charge in [-0.15, -0.1) is 10.2 Å². The third-order valence-electron chi connectivity index (χ3n) is 4.35. The number of nitrogens with one attached hydrogen (secondary N) is 1. The molecule has 1 aliphatic rings. The van der Waals surface area contributed by atoms with Crippen molar-refractivity contribution in [3.63, 3.8) is 0 Å².